The molecule has 0 radical (unpaired) electrons. The molecule has 1 atom stereocenters. The van der Waals surface area contributed by atoms with E-state index in [0.29, 0.717) is 5.02 Å². The molecule has 2 rings (SSSR count). The molecule has 1 aliphatic rings. The minimum absolute atomic E-state index is 0.0702. The van der Waals surface area contributed by atoms with Crippen molar-refractivity contribution >= 4 is 17.5 Å². The quantitative estimate of drug-likeness (QED) is 0.891. The fourth-order valence-corrected chi connectivity index (χ4v) is 2.74. The maximum atomic E-state index is 12.0. The van der Waals surface area contributed by atoms with Crippen LogP contribution in [0.1, 0.15) is 43.8 Å². The Morgan fingerprint density at radius 3 is 2.79 bits per heavy atom. The highest BCUT2D eigenvalue weighted by Gasteiger charge is 2.21. The second-order valence-electron chi connectivity index (χ2n) is 5.15. The van der Waals surface area contributed by atoms with Crippen LogP contribution in [0.15, 0.2) is 24.3 Å². The van der Waals surface area contributed by atoms with Gasteiger partial charge in [-0.25, -0.2) is 0 Å². The minimum atomic E-state index is -0.703. The molecule has 1 saturated carbocycles. The summed E-state index contributed by atoms with van der Waals surface area (Å²) in [5.41, 5.74) is 0.733. The van der Waals surface area contributed by atoms with E-state index in [4.69, 9.17) is 11.6 Å². The smallest absolute Gasteiger partial charge is 0.223 e. The minimum Gasteiger partial charge on any atom is -0.387 e. The Morgan fingerprint density at radius 2 is 2.11 bits per heavy atom. The molecule has 1 fully saturated rings. The van der Waals surface area contributed by atoms with Crippen molar-refractivity contribution in [2.24, 2.45) is 5.92 Å². The van der Waals surface area contributed by atoms with Gasteiger partial charge in [0.2, 0.25) is 5.91 Å². The van der Waals surface area contributed by atoms with Crippen molar-refractivity contribution in [2.75, 3.05) is 6.54 Å². The molecule has 0 saturated heterocycles. The van der Waals surface area contributed by atoms with Crippen molar-refractivity contribution < 1.29 is 9.90 Å². The van der Waals surface area contributed by atoms with Gasteiger partial charge in [0.15, 0.2) is 0 Å². The Bertz CT molecular complexity index is 430. The first-order valence-corrected chi connectivity index (χ1v) is 7.26. The molecule has 0 unspecified atom stereocenters. The molecule has 0 spiro atoms. The van der Waals surface area contributed by atoms with E-state index in [0.717, 1.165) is 31.2 Å². The standard InChI is InChI=1S/C15H20ClNO2/c16-13-8-4-7-12(9-13)14(18)10-17-15(19)11-5-2-1-3-6-11/h4,7-9,11,14,18H,1-3,5-6,10H2,(H,17,19)/t14-/m0/s1. The summed E-state index contributed by atoms with van der Waals surface area (Å²) in [6.07, 6.45) is 4.74. The maximum absolute atomic E-state index is 12.0. The number of hydrogen-bond acceptors (Lipinski definition) is 2. The monoisotopic (exact) mass is 281 g/mol. The number of carbonyl (C=O) groups excluding carboxylic acids is 1. The van der Waals surface area contributed by atoms with Gasteiger partial charge in [0.05, 0.1) is 6.10 Å². The van der Waals surface area contributed by atoms with Crippen LogP contribution in [-0.2, 0) is 4.79 Å². The molecule has 1 aromatic carbocycles. The lowest BCUT2D eigenvalue weighted by atomic mass is 9.88. The predicted octanol–water partition coefficient (Wildman–Crippen LogP) is 3.07. The van der Waals surface area contributed by atoms with E-state index in [9.17, 15) is 9.90 Å². The summed E-state index contributed by atoms with van der Waals surface area (Å²) >= 11 is 5.87. The van der Waals surface area contributed by atoms with Gasteiger partial charge in [-0.15, -0.1) is 0 Å². The van der Waals surface area contributed by atoms with E-state index >= 15 is 0 Å². The summed E-state index contributed by atoms with van der Waals surface area (Å²) in [4.78, 5) is 12.0. The molecule has 2 N–H and O–H groups in total. The number of aliphatic hydroxyl groups excluding tert-OH is 1. The number of amides is 1. The van der Waals surface area contributed by atoms with Crippen LogP contribution in [0.5, 0.6) is 0 Å². The molecule has 0 bridgehead atoms. The largest absolute Gasteiger partial charge is 0.387 e. The normalized spacial score (nSPS) is 18.0. The summed E-state index contributed by atoms with van der Waals surface area (Å²) in [6.45, 7) is 0.246. The lowest BCUT2D eigenvalue weighted by Crippen LogP contribution is -2.34. The molecule has 1 amide bonds. The third kappa shape index (κ3) is 4.22. The van der Waals surface area contributed by atoms with E-state index in [-0.39, 0.29) is 18.4 Å². The number of rotatable bonds is 4. The van der Waals surface area contributed by atoms with Crippen molar-refractivity contribution in [3.8, 4) is 0 Å². The molecular formula is C15H20ClNO2. The molecular weight excluding hydrogens is 262 g/mol. The summed E-state index contributed by atoms with van der Waals surface area (Å²) in [5.74, 6) is 0.195. The van der Waals surface area contributed by atoms with Crippen molar-refractivity contribution in [3.05, 3.63) is 34.9 Å². The van der Waals surface area contributed by atoms with Gasteiger partial charge in [-0.2, -0.15) is 0 Å². The number of hydrogen-bond donors (Lipinski definition) is 2. The molecule has 3 nitrogen and oxygen atoms in total. The van der Waals surface area contributed by atoms with Gasteiger partial charge in [-0.3, -0.25) is 4.79 Å². The average Bonchev–Trinajstić information content (AvgIpc) is 2.45. The van der Waals surface area contributed by atoms with Crippen LogP contribution in [0.3, 0.4) is 0 Å². The lowest BCUT2D eigenvalue weighted by molar-refractivity contribution is -0.126. The van der Waals surface area contributed by atoms with E-state index in [1.807, 2.05) is 6.07 Å². The van der Waals surface area contributed by atoms with Crippen molar-refractivity contribution in [2.45, 2.75) is 38.2 Å². The molecule has 0 aliphatic heterocycles. The molecule has 19 heavy (non-hydrogen) atoms. The van der Waals surface area contributed by atoms with E-state index in [1.54, 1.807) is 18.2 Å². The highest BCUT2D eigenvalue weighted by atomic mass is 35.5. The van der Waals surface area contributed by atoms with Crippen molar-refractivity contribution in [1.82, 2.24) is 5.32 Å². The molecule has 0 heterocycles. The van der Waals surface area contributed by atoms with E-state index < -0.39 is 6.10 Å². The van der Waals surface area contributed by atoms with Crippen LogP contribution in [0.4, 0.5) is 0 Å². The Kier molecular flexibility index (Phi) is 5.23. The number of aliphatic hydroxyl groups is 1. The molecule has 4 heteroatoms. The number of benzene rings is 1. The second kappa shape index (κ2) is 6.92. The van der Waals surface area contributed by atoms with Crippen LogP contribution in [0, 0.1) is 5.92 Å². The predicted molar refractivity (Wildman–Crippen MR) is 76.0 cm³/mol. The van der Waals surface area contributed by atoms with E-state index in [2.05, 4.69) is 5.32 Å². The zero-order valence-corrected chi connectivity index (χ0v) is 11.7. The van der Waals surface area contributed by atoms with Crippen LogP contribution >= 0.6 is 11.6 Å². The Morgan fingerprint density at radius 1 is 1.37 bits per heavy atom. The van der Waals surface area contributed by atoms with Gasteiger partial charge in [-0.05, 0) is 30.5 Å². The van der Waals surface area contributed by atoms with Crippen LogP contribution in [-0.4, -0.2) is 17.6 Å². The lowest BCUT2D eigenvalue weighted by Gasteiger charge is -2.21. The van der Waals surface area contributed by atoms with Crippen molar-refractivity contribution in [1.29, 1.82) is 0 Å². The van der Waals surface area contributed by atoms with Crippen LogP contribution in [0.2, 0.25) is 5.02 Å². The van der Waals surface area contributed by atoms with Gasteiger partial charge >= 0.3 is 0 Å². The molecule has 1 aliphatic carbocycles. The number of carbonyl (C=O) groups is 1. The zero-order valence-electron chi connectivity index (χ0n) is 10.9. The zero-order chi connectivity index (χ0) is 13.7. The first kappa shape index (κ1) is 14.4. The second-order valence-corrected chi connectivity index (χ2v) is 5.59. The van der Waals surface area contributed by atoms with Crippen LogP contribution in [0.25, 0.3) is 0 Å². The highest BCUT2D eigenvalue weighted by molar-refractivity contribution is 6.30. The topological polar surface area (TPSA) is 49.3 Å². The fourth-order valence-electron chi connectivity index (χ4n) is 2.54. The maximum Gasteiger partial charge on any atom is 0.223 e. The summed E-state index contributed by atoms with van der Waals surface area (Å²) in [6, 6.07) is 7.09. The Balaban J connectivity index is 1.82. The SMILES string of the molecule is O=C(NC[C@H](O)c1cccc(Cl)c1)C1CCCCC1. The number of halogens is 1. The van der Waals surface area contributed by atoms with Gasteiger partial charge in [0, 0.05) is 17.5 Å². The van der Waals surface area contributed by atoms with E-state index in [1.165, 1.54) is 6.42 Å². The first-order chi connectivity index (χ1) is 9.16. The van der Waals surface area contributed by atoms with Crippen LogP contribution < -0.4 is 5.32 Å². The third-order valence-electron chi connectivity index (χ3n) is 3.68. The Labute approximate surface area is 119 Å². The number of nitrogens with one attached hydrogen (secondary N) is 1. The molecule has 0 aromatic heterocycles. The Hall–Kier alpha value is -1.06. The molecule has 104 valence electrons. The summed E-state index contributed by atoms with van der Waals surface area (Å²) in [7, 11) is 0. The van der Waals surface area contributed by atoms with Gasteiger partial charge in [0.1, 0.15) is 0 Å². The highest BCUT2D eigenvalue weighted by Crippen LogP contribution is 2.24. The third-order valence-corrected chi connectivity index (χ3v) is 3.91. The molecule has 1 aromatic rings. The fraction of sp³-hybridized carbons (Fsp3) is 0.533. The van der Waals surface area contributed by atoms with Crippen molar-refractivity contribution in [3.63, 3.8) is 0 Å². The first-order valence-electron chi connectivity index (χ1n) is 6.88. The van der Waals surface area contributed by atoms with Gasteiger partial charge in [-0.1, -0.05) is 43.0 Å². The van der Waals surface area contributed by atoms with Gasteiger partial charge < -0.3 is 10.4 Å². The van der Waals surface area contributed by atoms with Gasteiger partial charge in [0.25, 0.3) is 0 Å². The average molecular weight is 282 g/mol. The summed E-state index contributed by atoms with van der Waals surface area (Å²) < 4.78 is 0. The summed E-state index contributed by atoms with van der Waals surface area (Å²) in [5, 5.41) is 13.4.